The van der Waals surface area contributed by atoms with Gasteiger partial charge in [0.1, 0.15) is 11.6 Å². The van der Waals surface area contributed by atoms with Crippen molar-refractivity contribution < 1.29 is 41.8 Å². The van der Waals surface area contributed by atoms with Crippen LogP contribution in [0.1, 0.15) is 33.3 Å². The second-order valence-electron chi connectivity index (χ2n) is 7.80. The largest absolute Gasteiger partial charge is 0.463 e. The van der Waals surface area contributed by atoms with Gasteiger partial charge in [-0.3, -0.25) is 0 Å². The highest BCUT2D eigenvalue weighted by atomic mass is 19.4. The van der Waals surface area contributed by atoms with Crippen molar-refractivity contribution in [3.05, 3.63) is 48.0 Å². The van der Waals surface area contributed by atoms with E-state index >= 15 is 0 Å². The van der Waals surface area contributed by atoms with Crippen molar-refractivity contribution in [1.82, 2.24) is 4.90 Å². The zero-order chi connectivity index (χ0) is 23.4. The van der Waals surface area contributed by atoms with Crippen molar-refractivity contribution in [2.75, 3.05) is 6.61 Å². The van der Waals surface area contributed by atoms with E-state index in [1.54, 1.807) is 30.3 Å². The summed E-state index contributed by atoms with van der Waals surface area (Å²) in [5.41, 5.74) is -3.93. The molecule has 0 N–H and O–H groups in total. The highest BCUT2D eigenvalue weighted by Crippen LogP contribution is 2.46. The third-order valence-corrected chi connectivity index (χ3v) is 4.32. The summed E-state index contributed by atoms with van der Waals surface area (Å²) in [5.74, 6) is -1.05. The number of ether oxygens (including phenoxy) is 3. The van der Waals surface area contributed by atoms with Gasteiger partial charge in [0.15, 0.2) is 0 Å². The summed E-state index contributed by atoms with van der Waals surface area (Å²) in [6.07, 6.45) is -7.39. The summed E-state index contributed by atoms with van der Waals surface area (Å²) in [6, 6.07) is 6.12. The summed E-state index contributed by atoms with van der Waals surface area (Å²) in [5, 5.41) is 0. The Morgan fingerprint density at radius 1 is 1.19 bits per heavy atom. The number of esters is 1. The monoisotopic (exact) mass is 443 g/mol. The quantitative estimate of drug-likeness (QED) is 0.381. The van der Waals surface area contributed by atoms with Crippen LogP contribution in [0.4, 0.5) is 22.8 Å². The molecule has 2 atom stereocenters. The lowest BCUT2D eigenvalue weighted by Crippen LogP contribution is -2.56. The maximum absolute atomic E-state index is 14.3. The first-order valence-corrected chi connectivity index (χ1v) is 9.52. The molecule has 1 aliphatic heterocycles. The number of nitrogens with zero attached hydrogens (tertiary/aromatic N) is 1. The van der Waals surface area contributed by atoms with Gasteiger partial charge in [0, 0.05) is 6.08 Å². The highest BCUT2D eigenvalue weighted by Gasteiger charge is 2.69. The average Bonchev–Trinajstić information content (AvgIpc) is 2.92. The normalized spacial score (nSPS) is 21.8. The minimum atomic E-state index is -5.15. The molecule has 0 unspecified atom stereocenters. The number of alkyl halides is 3. The van der Waals surface area contributed by atoms with E-state index in [9.17, 15) is 27.6 Å². The Morgan fingerprint density at radius 3 is 2.32 bits per heavy atom. The third-order valence-electron chi connectivity index (χ3n) is 4.32. The molecule has 31 heavy (non-hydrogen) atoms. The fourth-order valence-electron chi connectivity index (χ4n) is 3.04. The number of imide groups is 1. The molecule has 0 saturated carbocycles. The molecule has 0 aromatic heterocycles. The first kappa shape index (κ1) is 24.2. The van der Waals surface area contributed by atoms with Crippen LogP contribution in [-0.4, -0.2) is 53.1 Å². The van der Waals surface area contributed by atoms with E-state index in [2.05, 4.69) is 4.74 Å². The van der Waals surface area contributed by atoms with Crippen LogP contribution in [0.2, 0.25) is 0 Å². The molecule has 1 aromatic carbocycles. The van der Waals surface area contributed by atoms with Crippen LogP contribution >= 0.6 is 0 Å². The van der Waals surface area contributed by atoms with Gasteiger partial charge in [-0.2, -0.15) is 13.2 Å². The number of halogens is 3. The zero-order valence-electron chi connectivity index (χ0n) is 17.6. The van der Waals surface area contributed by atoms with Crippen LogP contribution in [0.25, 0.3) is 0 Å². The molecule has 10 heteroatoms. The molecule has 1 aliphatic rings. The van der Waals surface area contributed by atoms with Crippen molar-refractivity contribution >= 4 is 18.2 Å². The molecule has 1 fully saturated rings. The lowest BCUT2D eigenvalue weighted by atomic mass is 9.87. The predicted molar refractivity (Wildman–Crippen MR) is 103 cm³/mol. The summed E-state index contributed by atoms with van der Waals surface area (Å²) in [7, 11) is 0. The van der Waals surface area contributed by atoms with Gasteiger partial charge in [-0.05, 0) is 45.8 Å². The highest BCUT2D eigenvalue weighted by molar-refractivity contribution is 5.91. The van der Waals surface area contributed by atoms with Gasteiger partial charge in [-0.1, -0.05) is 30.3 Å². The SMILES string of the molecule is CCOC(=O)/C=C/[C@@]1(C(F)(F)F)OC(=O)N(C(=O)OC(C)(C)C)[C@H]1Cc1ccccc1. The maximum atomic E-state index is 14.3. The molecule has 0 radical (unpaired) electrons. The minimum absolute atomic E-state index is 0.0561. The molecular formula is C21H24F3NO6. The van der Waals surface area contributed by atoms with Gasteiger partial charge in [-0.25, -0.2) is 19.3 Å². The Labute approximate surface area is 177 Å². The summed E-state index contributed by atoms with van der Waals surface area (Å²) < 4.78 is 57.4. The van der Waals surface area contributed by atoms with E-state index in [0.29, 0.717) is 22.6 Å². The van der Waals surface area contributed by atoms with E-state index in [1.807, 2.05) is 0 Å². The average molecular weight is 443 g/mol. The molecular weight excluding hydrogens is 419 g/mol. The van der Waals surface area contributed by atoms with Gasteiger partial charge in [0.05, 0.1) is 6.61 Å². The standard InChI is InChI=1S/C21H24F3NO6/c1-5-29-16(26)11-12-20(21(22,23)24)15(13-14-9-7-6-8-10-14)25(18(28)31-20)17(27)30-19(2,3)4/h6-12,15H,5,13H2,1-4H3/b12-11+/t15-,20+/m0/s1. The third kappa shape index (κ3) is 5.56. The van der Waals surface area contributed by atoms with Gasteiger partial charge in [0.25, 0.3) is 0 Å². The molecule has 0 bridgehead atoms. The Hall–Kier alpha value is -3.04. The maximum Gasteiger partial charge on any atom is 0.434 e. The number of rotatable bonds is 5. The van der Waals surface area contributed by atoms with Gasteiger partial charge in [0.2, 0.25) is 5.60 Å². The number of amides is 2. The zero-order valence-corrected chi connectivity index (χ0v) is 17.6. The van der Waals surface area contributed by atoms with E-state index in [4.69, 9.17) is 9.47 Å². The minimum Gasteiger partial charge on any atom is -0.463 e. The molecule has 7 nitrogen and oxygen atoms in total. The van der Waals surface area contributed by atoms with E-state index in [-0.39, 0.29) is 6.61 Å². The van der Waals surface area contributed by atoms with Crippen molar-refractivity contribution in [3.63, 3.8) is 0 Å². The molecule has 1 aromatic rings. The van der Waals surface area contributed by atoms with Gasteiger partial charge in [-0.15, -0.1) is 0 Å². The predicted octanol–water partition coefficient (Wildman–Crippen LogP) is 4.41. The van der Waals surface area contributed by atoms with Crippen molar-refractivity contribution in [2.24, 2.45) is 0 Å². The van der Waals surface area contributed by atoms with E-state index < -0.39 is 48.0 Å². The number of hydrogen-bond donors (Lipinski definition) is 0. The summed E-state index contributed by atoms with van der Waals surface area (Å²) >= 11 is 0. The van der Waals surface area contributed by atoms with Crippen LogP contribution < -0.4 is 0 Å². The lowest BCUT2D eigenvalue weighted by molar-refractivity contribution is -0.236. The van der Waals surface area contributed by atoms with Gasteiger partial charge >= 0.3 is 24.3 Å². The molecule has 2 rings (SSSR count). The van der Waals surface area contributed by atoms with Crippen LogP contribution in [0.3, 0.4) is 0 Å². The number of cyclic esters (lactones) is 1. The second-order valence-corrected chi connectivity index (χ2v) is 7.80. The number of carbonyl (C=O) groups excluding carboxylic acids is 3. The number of hydrogen-bond acceptors (Lipinski definition) is 6. The summed E-state index contributed by atoms with van der Waals surface area (Å²) in [6.45, 7) is 5.96. The molecule has 1 saturated heterocycles. The topological polar surface area (TPSA) is 82.1 Å². The first-order chi connectivity index (χ1) is 14.3. The van der Waals surface area contributed by atoms with E-state index in [1.165, 1.54) is 27.7 Å². The molecule has 170 valence electrons. The van der Waals surface area contributed by atoms with E-state index in [0.717, 1.165) is 0 Å². The second kappa shape index (κ2) is 8.99. The Morgan fingerprint density at radius 2 is 1.81 bits per heavy atom. The van der Waals surface area contributed by atoms with Crippen LogP contribution in [0.15, 0.2) is 42.5 Å². The smallest absolute Gasteiger partial charge is 0.434 e. The fraction of sp³-hybridized carbons (Fsp3) is 0.476. The Balaban J connectivity index is 2.58. The van der Waals surface area contributed by atoms with Gasteiger partial charge < -0.3 is 14.2 Å². The summed E-state index contributed by atoms with van der Waals surface area (Å²) in [4.78, 5) is 37.1. The van der Waals surface area contributed by atoms with Crippen LogP contribution in [0.5, 0.6) is 0 Å². The Kier molecular flexibility index (Phi) is 7.03. The lowest BCUT2D eigenvalue weighted by Gasteiger charge is -2.34. The number of benzene rings is 1. The molecule has 0 aliphatic carbocycles. The molecule has 0 spiro atoms. The first-order valence-electron chi connectivity index (χ1n) is 9.52. The molecule has 1 heterocycles. The number of carbonyl (C=O) groups is 3. The van der Waals surface area contributed by atoms with Crippen molar-refractivity contribution in [1.29, 1.82) is 0 Å². The van der Waals surface area contributed by atoms with Crippen molar-refractivity contribution in [2.45, 2.75) is 57.5 Å². The molecule has 2 amide bonds. The Bertz CT molecular complexity index is 847. The fourth-order valence-corrected chi connectivity index (χ4v) is 3.04. The van der Waals surface area contributed by atoms with Crippen LogP contribution in [0, 0.1) is 0 Å². The van der Waals surface area contributed by atoms with Crippen molar-refractivity contribution in [3.8, 4) is 0 Å². The van der Waals surface area contributed by atoms with Crippen LogP contribution in [-0.2, 0) is 25.4 Å².